The zero-order chi connectivity index (χ0) is 16.1. The van der Waals surface area contributed by atoms with Crippen LogP contribution >= 0.6 is 23.3 Å². The molecule has 0 fully saturated rings. The van der Waals surface area contributed by atoms with Crippen LogP contribution in [0.5, 0.6) is 0 Å². The molecule has 116 valence electrons. The second kappa shape index (κ2) is 7.26. The van der Waals surface area contributed by atoms with E-state index < -0.39 is 0 Å². The van der Waals surface area contributed by atoms with Crippen LogP contribution in [0.2, 0.25) is 0 Å². The number of benzene rings is 1. The van der Waals surface area contributed by atoms with Gasteiger partial charge in [-0.05, 0) is 35.2 Å². The van der Waals surface area contributed by atoms with Crippen LogP contribution < -0.4 is 10.0 Å². The van der Waals surface area contributed by atoms with E-state index in [0.717, 1.165) is 22.5 Å². The molecule has 0 aliphatic rings. The average Bonchev–Trinajstić information content (AvgIpc) is 3.06. The molecule has 2 N–H and O–H groups in total. The molecule has 0 atom stereocenters. The Balaban J connectivity index is 1.74. The van der Waals surface area contributed by atoms with Gasteiger partial charge in [0.05, 0.1) is 4.88 Å². The Morgan fingerprint density at radius 1 is 1.13 bits per heavy atom. The zero-order valence-electron chi connectivity index (χ0n) is 12.3. The monoisotopic (exact) mass is 342 g/mol. The highest BCUT2D eigenvalue weighted by Gasteiger charge is 2.11. The molecule has 1 aromatic carbocycles. The molecular formula is C16H14N4OS2. The van der Waals surface area contributed by atoms with Gasteiger partial charge in [0.15, 0.2) is 0 Å². The molecule has 0 saturated heterocycles. The Bertz CT molecular complexity index is 805. The molecule has 1 amide bonds. The van der Waals surface area contributed by atoms with Crippen molar-refractivity contribution in [1.29, 1.82) is 0 Å². The van der Waals surface area contributed by atoms with Crippen molar-refractivity contribution in [3.63, 3.8) is 0 Å². The van der Waals surface area contributed by atoms with Gasteiger partial charge in [0.2, 0.25) is 0 Å². The number of thiophene rings is 1. The highest BCUT2D eigenvalue weighted by molar-refractivity contribution is 7.99. The third-order valence-electron chi connectivity index (χ3n) is 3.06. The van der Waals surface area contributed by atoms with E-state index in [1.165, 1.54) is 29.6 Å². The second-order valence-corrected chi connectivity index (χ2v) is 6.19. The predicted octanol–water partition coefficient (Wildman–Crippen LogP) is 4.15. The Kier molecular flexibility index (Phi) is 4.89. The van der Waals surface area contributed by atoms with E-state index in [0.29, 0.717) is 4.88 Å². The number of amides is 1. The number of carbonyl (C=O) groups excluding carboxylic acids is 1. The highest BCUT2D eigenvalue weighted by atomic mass is 32.2. The number of anilines is 2. The molecule has 3 rings (SSSR count). The molecule has 7 heteroatoms. The lowest BCUT2D eigenvalue weighted by atomic mass is 10.2. The second-order valence-electron chi connectivity index (χ2n) is 4.67. The molecule has 0 saturated carbocycles. The fourth-order valence-corrected chi connectivity index (χ4v) is 3.20. The average molecular weight is 342 g/mol. The van der Waals surface area contributed by atoms with Crippen molar-refractivity contribution < 1.29 is 4.79 Å². The molecular weight excluding hydrogens is 328 g/mol. The topological polar surface area (TPSA) is 66.9 Å². The number of carbonyl (C=O) groups is 1. The number of rotatable bonds is 5. The summed E-state index contributed by atoms with van der Waals surface area (Å²) in [6.45, 7) is 0. The maximum absolute atomic E-state index is 12.4. The van der Waals surface area contributed by atoms with Crippen LogP contribution in [0.25, 0.3) is 11.1 Å². The molecule has 3 aromatic rings. The van der Waals surface area contributed by atoms with Crippen LogP contribution in [0.4, 0.5) is 11.4 Å². The first-order valence-electron chi connectivity index (χ1n) is 6.80. The summed E-state index contributed by atoms with van der Waals surface area (Å²) in [7, 11) is 0. The van der Waals surface area contributed by atoms with Crippen molar-refractivity contribution in [3.8, 4) is 11.1 Å². The summed E-state index contributed by atoms with van der Waals surface area (Å²) in [4.78, 5) is 21.0. The number of nitrogens with zero attached hydrogens (tertiary/aromatic N) is 2. The first-order valence-corrected chi connectivity index (χ1v) is 8.91. The quantitative estimate of drug-likeness (QED) is 0.682. The summed E-state index contributed by atoms with van der Waals surface area (Å²) in [6, 6.07) is 9.46. The third kappa shape index (κ3) is 3.88. The van der Waals surface area contributed by atoms with Crippen LogP contribution in [0.15, 0.2) is 54.4 Å². The van der Waals surface area contributed by atoms with Crippen LogP contribution in [-0.4, -0.2) is 22.1 Å². The Morgan fingerprint density at radius 2 is 1.91 bits per heavy atom. The van der Waals surface area contributed by atoms with Gasteiger partial charge >= 0.3 is 0 Å². The van der Waals surface area contributed by atoms with E-state index in [4.69, 9.17) is 0 Å². The number of aromatic nitrogens is 2. The van der Waals surface area contributed by atoms with Crippen LogP contribution in [0.1, 0.15) is 9.67 Å². The van der Waals surface area contributed by atoms with E-state index in [1.807, 2.05) is 42.0 Å². The van der Waals surface area contributed by atoms with Gasteiger partial charge in [-0.15, -0.1) is 11.3 Å². The van der Waals surface area contributed by atoms with Crippen molar-refractivity contribution in [1.82, 2.24) is 9.97 Å². The van der Waals surface area contributed by atoms with E-state index in [2.05, 4.69) is 20.0 Å². The van der Waals surface area contributed by atoms with Crippen LogP contribution in [0.3, 0.4) is 0 Å². The van der Waals surface area contributed by atoms with Gasteiger partial charge < -0.3 is 10.0 Å². The predicted molar refractivity (Wildman–Crippen MR) is 96.9 cm³/mol. The van der Waals surface area contributed by atoms with Crippen molar-refractivity contribution >= 4 is 40.6 Å². The summed E-state index contributed by atoms with van der Waals surface area (Å²) < 4.78 is 3.14. The van der Waals surface area contributed by atoms with Crippen LogP contribution in [-0.2, 0) is 0 Å². The summed E-state index contributed by atoms with van der Waals surface area (Å²) in [6.07, 6.45) is 6.90. The van der Waals surface area contributed by atoms with Crippen molar-refractivity contribution in [2.45, 2.75) is 0 Å². The van der Waals surface area contributed by atoms with Crippen molar-refractivity contribution in [3.05, 3.63) is 59.3 Å². The van der Waals surface area contributed by atoms with Gasteiger partial charge in [0, 0.05) is 35.6 Å². The highest BCUT2D eigenvalue weighted by Crippen LogP contribution is 2.25. The van der Waals surface area contributed by atoms with E-state index >= 15 is 0 Å². The minimum atomic E-state index is -0.126. The van der Waals surface area contributed by atoms with E-state index in [9.17, 15) is 4.79 Å². The molecule has 2 aromatic heterocycles. The summed E-state index contributed by atoms with van der Waals surface area (Å²) in [5.74, 6) is -0.126. The van der Waals surface area contributed by atoms with Gasteiger partial charge in [0.1, 0.15) is 6.33 Å². The number of nitrogens with one attached hydrogen (secondary N) is 2. The van der Waals surface area contributed by atoms with Crippen molar-refractivity contribution in [2.75, 3.05) is 16.3 Å². The van der Waals surface area contributed by atoms with Gasteiger partial charge in [0.25, 0.3) is 5.91 Å². The Labute approximate surface area is 142 Å². The minimum Gasteiger partial charge on any atom is -0.330 e. The van der Waals surface area contributed by atoms with Crippen LogP contribution in [0, 0.1) is 0 Å². The molecule has 5 nitrogen and oxygen atoms in total. The largest absolute Gasteiger partial charge is 0.330 e. The molecule has 0 radical (unpaired) electrons. The fourth-order valence-electron chi connectivity index (χ4n) is 2.03. The maximum Gasteiger partial charge on any atom is 0.265 e. The van der Waals surface area contributed by atoms with E-state index in [1.54, 1.807) is 12.4 Å². The minimum absolute atomic E-state index is 0.126. The summed E-state index contributed by atoms with van der Waals surface area (Å²) in [5.41, 5.74) is 3.54. The Hall–Kier alpha value is -2.38. The van der Waals surface area contributed by atoms with Gasteiger partial charge in [-0.1, -0.05) is 18.0 Å². The first kappa shape index (κ1) is 15.5. The maximum atomic E-state index is 12.4. The Morgan fingerprint density at radius 3 is 2.70 bits per heavy atom. The molecule has 2 heterocycles. The zero-order valence-corrected chi connectivity index (χ0v) is 13.9. The number of hydrogen-bond acceptors (Lipinski definition) is 6. The number of hydrogen-bond donors (Lipinski definition) is 2. The lowest BCUT2D eigenvalue weighted by Crippen LogP contribution is -2.10. The normalized spacial score (nSPS) is 10.3. The summed E-state index contributed by atoms with van der Waals surface area (Å²) >= 11 is 2.91. The van der Waals surface area contributed by atoms with Gasteiger partial charge in [-0.3, -0.25) is 4.79 Å². The third-order valence-corrected chi connectivity index (χ3v) is 4.43. The van der Waals surface area contributed by atoms with Gasteiger partial charge in [-0.2, -0.15) is 0 Å². The van der Waals surface area contributed by atoms with E-state index in [-0.39, 0.29) is 5.91 Å². The lowest BCUT2D eigenvalue weighted by molar-refractivity contribution is 0.103. The first-order chi connectivity index (χ1) is 11.3. The van der Waals surface area contributed by atoms with Crippen molar-refractivity contribution in [2.24, 2.45) is 0 Å². The standard InChI is InChI=1S/C16H14N4OS2/c1-22-20-14-4-2-3-13(6-14)19-16(21)15-5-11(9-23-15)12-7-17-10-18-8-12/h2-10,20H,1H3,(H,19,21). The molecule has 0 aliphatic heterocycles. The van der Waals surface area contributed by atoms with Gasteiger partial charge in [-0.25, -0.2) is 9.97 Å². The summed E-state index contributed by atoms with van der Waals surface area (Å²) in [5, 5.41) is 4.84. The molecule has 0 spiro atoms. The SMILES string of the molecule is CSNc1cccc(NC(=O)c2cc(-c3cncnc3)cs2)c1. The smallest absolute Gasteiger partial charge is 0.265 e. The molecule has 0 aliphatic carbocycles. The fraction of sp³-hybridized carbons (Fsp3) is 0.0625. The molecule has 0 bridgehead atoms. The molecule has 23 heavy (non-hydrogen) atoms. The molecule has 0 unspecified atom stereocenters. The lowest BCUT2D eigenvalue weighted by Gasteiger charge is -2.06.